The van der Waals surface area contributed by atoms with Crippen molar-refractivity contribution in [1.82, 2.24) is 10.0 Å². The molecule has 1 saturated heterocycles. The van der Waals surface area contributed by atoms with E-state index in [2.05, 4.69) is 10.0 Å². The highest BCUT2D eigenvalue weighted by atomic mass is 32.2. The minimum absolute atomic E-state index is 0.0666. The third-order valence-corrected chi connectivity index (χ3v) is 4.45. The summed E-state index contributed by atoms with van der Waals surface area (Å²) in [5, 5.41) is 2.77. The van der Waals surface area contributed by atoms with Gasteiger partial charge in [-0.25, -0.2) is 17.5 Å². The second-order valence-corrected chi connectivity index (χ2v) is 8.19. The van der Waals surface area contributed by atoms with E-state index in [0.29, 0.717) is 6.54 Å². The molecule has 0 bridgehead atoms. The monoisotopic (exact) mass is 354 g/mol. The average Bonchev–Trinajstić information content (AvgIpc) is 2.36. The molecule has 0 aliphatic carbocycles. The SMILES string of the molecule is CS(=O)(=O)NC[C@H]1NC[C@H]1F.Cc1ccc(S(=O)(=O)O)cc1. The Labute approximate surface area is 129 Å². The second-order valence-electron chi connectivity index (χ2n) is 4.94. The van der Waals surface area contributed by atoms with E-state index in [0.717, 1.165) is 11.8 Å². The first-order chi connectivity index (χ1) is 9.99. The van der Waals surface area contributed by atoms with E-state index in [9.17, 15) is 21.2 Å². The number of nitrogens with one attached hydrogen (secondary N) is 2. The van der Waals surface area contributed by atoms with Crippen LogP contribution in [0.2, 0.25) is 0 Å². The fourth-order valence-electron chi connectivity index (χ4n) is 1.53. The van der Waals surface area contributed by atoms with E-state index in [1.807, 2.05) is 6.92 Å². The van der Waals surface area contributed by atoms with Crippen LogP contribution in [0.5, 0.6) is 0 Å². The third kappa shape index (κ3) is 6.79. The molecule has 1 heterocycles. The van der Waals surface area contributed by atoms with Crippen LogP contribution in [0.25, 0.3) is 0 Å². The second kappa shape index (κ2) is 7.47. The van der Waals surface area contributed by atoms with Gasteiger partial charge in [0.2, 0.25) is 10.0 Å². The van der Waals surface area contributed by atoms with Gasteiger partial charge in [0.25, 0.3) is 10.1 Å². The summed E-state index contributed by atoms with van der Waals surface area (Å²) in [5.41, 5.74) is 0.956. The topological polar surface area (TPSA) is 113 Å². The molecular weight excluding hydrogens is 335 g/mol. The summed E-state index contributed by atoms with van der Waals surface area (Å²) in [5.74, 6) is 0. The van der Waals surface area contributed by atoms with E-state index in [-0.39, 0.29) is 17.5 Å². The van der Waals surface area contributed by atoms with Crippen molar-refractivity contribution in [2.24, 2.45) is 0 Å². The quantitative estimate of drug-likeness (QED) is 0.661. The standard InChI is InChI=1S/C7H8O3S.C5H11FN2O2S/c1-6-2-4-7(5-3-6)11(8,9)10;1-11(9,10)8-3-5-4(6)2-7-5/h2-5H,1H3,(H,8,9,10);4-5,7-8H,2-3H2,1H3/t;4-,5-/m.1/s1. The Morgan fingerprint density at radius 3 is 2.14 bits per heavy atom. The molecule has 1 aliphatic heterocycles. The Kier molecular flexibility index (Phi) is 6.44. The van der Waals surface area contributed by atoms with E-state index in [4.69, 9.17) is 4.55 Å². The summed E-state index contributed by atoms with van der Waals surface area (Å²) in [6.45, 7) is 2.31. The predicted molar refractivity (Wildman–Crippen MR) is 80.5 cm³/mol. The number of hydrogen-bond acceptors (Lipinski definition) is 5. The molecule has 126 valence electrons. The highest BCUT2D eigenvalue weighted by molar-refractivity contribution is 7.88. The summed E-state index contributed by atoms with van der Waals surface area (Å²) in [7, 11) is -7.20. The molecule has 1 aromatic rings. The van der Waals surface area contributed by atoms with Crippen LogP contribution in [0.1, 0.15) is 5.56 Å². The summed E-state index contributed by atoms with van der Waals surface area (Å²) in [4.78, 5) is -0.0666. The van der Waals surface area contributed by atoms with Gasteiger partial charge in [0, 0.05) is 13.1 Å². The maximum absolute atomic E-state index is 12.5. The van der Waals surface area contributed by atoms with Gasteiger partial charge in [0.15, 0.2) is 0 Å². The zero-order valence-corrected chi connectivity index (χ0v) is 13.8. The lowest BCUT2D eigenvalue weighted by molar-refractivity contribution is 0.160. The van der Waals surface area contributed by atoms with Crippen LogP contribution in [-0.4, -0.2) is 52.9 Å². The Hall–Kier alpha value is -1.07. The van der Waals surface area contributed by atoms with Gasteiger partial charge in [-0.15, -0.1) is 0 Å². The molecule has 2 atom stereocenters. The highest BCUT2D eigenvalue weighted by Crippen LogP contribution is 2.08. The minimum atomic E-state index is -4.02. The van der Waals surface area contributed by atoms with Crippen LogP contribution in [-0.2, 0) is 20.1 Å². The maximum Gasteiger partial charge on any atom is 0.294 e. The molecule has 1 fully saturated rings. The summed E-state index contributed by atoms with van der Waals surface area (Å²) >= 11 is 0. The molecule has 0 aromatic heterocycles. The van der Waals surface area contributed by atoms with E-state index in [1.165, 1.54) is 12.1 Å². The smallest absolute Gasteiger partial charge is 0.294 e. The van der Waals surface area contributed by atoms with Crippen molar-refractivity contribution in [2.45, 2.75) is 24.0 Å². The fourth-order valence-corrected chi connectivity index (χ4v) is 2.49. The molecule has 7 nitrogen and oxygen atoms in total. The summed E-state index contributed by atoms with van der Waals surface area (Å²) in [6.07, 6.45) is 0.142. The first kappa shape index (κ1) is 19.0. The van der Waals surface area contributed by atoms with Crippen molar-refractivity contribution in [1.29, 1.82) is 0 Å². The van der Waals surface area contributed by atoms with Crippen molar-refractivity contribution >= 4 is 20.1 Å². The van der Waals surface area contributed by atoms with Gasteiger partial charge in [-0.3, -0.25) is 4.55 Å². The van der Waals surface area contributed by atoms with Crippen molar-refractivity contribution in [3.8, 4) is 0 Å². The predicted octanol–water partition coefficient (Wildman–Crippen LogP) is 0.0872. The van der Waals surface area contributed by atoms with E-state index in [1.54, 1.807) is 12.1 Å². The van der Waals surface area contributed by atoms with Crippen molar-refractivity contribution in [2.75, 3.05) is 19.3 Å². The lowest BCUT2D eigenvalue weighted by atomic mass is 10.1. The maximum atomic E-state index is 12.5. The Morgan fingerprint density at radius 2 is 1.82 bits per heavy atom. The molecule has 22 heavy (non-hydrogen) atoms. The molecule has 0 saturated carbocycles. The third-order valence-electron chi connectivity index (χ3n) is 2.90. The number of sulfonamides is 1. The molecule has 1 aromatic carbocycles. The van der Waals surface area contributed by atoms with Gasteiger partial charge >= 0.3 is 0 Å². The molecule has 0 spiro atoms. The number of rotatable bonds is 4. The van der Waals surface area contributed by atoms with E-state index >= 15 is 0 Å². The fraction of sp³-hybridized carbons (Fsp3) is 0.500. The number of hydrogen-bond donors (Lipinski definition) is 3. The average molecular weight is 354 g/mol. The summed E-state index contributed by atoms with van der Waals surface area (Å²) < 4.78 is 65.3. The number of halogens is 1. The normalized spacial score (nSPS) is 21.5. The van der Waals surface area contributed by atoms with Crippen molar-refractivity contribution in [3.63, 3.8) is 0 Å². The number of benzene rings is 1. The lowest BCUT2D eigenvalue weighted by Gasteiger charge is -2.31. The zero-order valence-electron chi connectivity index (χ0n) is 12.2. The van der Waals surface area contributed by atoms with Gasteiger partial charge in [0.05, 0.1) is 17.2 Å². The Bertz CT molecular complexity index is 689. The number of alkyl halides is 1. The van der Waals surface area contributed by atoms with Gasteiger partial charge in [-0.05, 0) is 19.1 Å². The Morgan fingerprint density at radius 1 is 1.27 bits per heavy atom. The molecule has 0 unspecified atom stereocenters. The molecule has 0 amide bonds. The summed E-state index contributed by atoms with van der Waals surface area (Å²) in [6, 6.07) is 5.64. The first-order valence-electron chi connectivity index (χ1n) is 6.35. The van der Waals surface area contributed by atoms with Crippen LogP contribution in [0, 0.1) is 6.92 Å². The van der Waals surface area contributed by atoms with Crippen LogP contribution < -0.4 is 10.0 Å². The van der Waals surface area contributed by atoms with Crippen LogP contribution in [0.15, 0.2) is 29.2 Å². The van der Waals surface area contributed by atoms with Gasteiger partial charge in [-0.1, -0.05) is 17.7 Å². The molecule has 10 heteroatoms. The van der Waals surface area contributed by atoms with Crippen molar-refractivity contribution < 1.29 is 25.8 Å². The van der Waals surface area contributed by atoms with Crippen LogP contribution in [0.3, 0.4) is 0 Å². The van der Waals surface area contributed by atoms with Crippen LogP contribution >= 0.6 is 0 Å². The minimum Gasteiger partial charge on any atom is -0.307 e. The van der Waals surface area contributed by atoms with Gasteiger partial charge in [-0.2, -0.15) is 8.42 Å². The van der Waals surface area contributed by atoms with Crippen molar-refractivity contribution in [3.05, 3.63) is 29.8 Å². The van der Waals surface area contributed by atoms with Gasteiger partial charge in [0.1, 0.15) is 6.17 Å². The molecular formula is C12H19FN2O5S2. The first-order valence-corrected chi connectivity index (χ1v) is 9.68. The number of aryl methyl sites for hydroxylation is 1. The van der Waals surface area contributed by atoms with Crippen LogP contribution in [0.4, 0.5) is 4.39 Å². The lowest BCUT2D eigenvalue weighted by Crippen LogP contribution is -2.59. The molecule has 3 N–H and O–H groups in total. The van der Waals surface area contributed by atoms with E-state index < -0.39 is 26.3 Å². The largest absolute Gasteiger partial charge is 0.307 e. The molecule has 0 radical (unpaired) electrons. The highest BCUT2D eigenvalue weighted by Gasteiger charge is 2.30. The Balaban J connectivity index is 0.000000220. The molecule has 1 aliphatic rings. The molecule has 2 rings (SSSR count). The van der Waals surface area contributed by atoms with Gasteiger partial charge < -0.3 is 5.32 Å². The zero-order chi connectivity index (χ0) is 17.0.